The lowest BCUT2D eigenvalue weighted by Gasteiger charge is -2.21. The van der Waals surface area contributed by atoms with Crippen LogP contribution in [0.3, 0.4) is 0 Å². The Hall–Kier alpha value is -1.27. The van der Waals surface area contributed by atoms with Gasteiger partial charge in [-0.25, -0.2) is 0 Å². The molecule has 1 heterocycles. The molecule has 0 bridgehead atoms. The highest BCUT2D eigenvalue weighted by Gasteiger charge is 2.16. The van der Waals surface area contributed by atoms with E-state index >= 15 is 0 Å². The van der Waals surface area contributed by atoms with Crippen LogP contribution >= 0.6 is 15.9 Å². The maximum Gasteiger partial charge on any atom is 0.106 e. The number of aromatic nitrogens is 1. The maximum absolute atomic E-state index is 10.6. The summed E-state index contributed by atoms with van der Waals surface area (Å²) in [7, 11) is 1.94. The van der Waals surface area contributed by atoms with Gasteiger partial charge in [0, 0.05) is 35.5 Å². The van der Waals surface area contributed by atoms with Crippen LogP contribution in [0.2, 0.25) is 0 Å². The fraction of sp³-hybridized carbons (Fsp3) is 0.312. The summed E-state index contributed by atoms with van der Waals surface area (Å²) in [5.74, 6) is 0. The van der Waals surface area contributed by atoms with Crippen LogP contribution in [-0.4, -0.2) is 40.3 Å². The van der Waals surface area contributed by atoms with E-state index in [-0.39, 0.29) is 6.61 Å². The van der Waals surface area contributed by atoms with Gasteiger partial charge in [-0.15, -0.1) is 0 Å². The van der Waals surface area contributed by atoms with E-state index < -0.39 is 6.10 Å². The first-order valence-corrected chi connectivity index (χ1v) is 7.57. The Morgan fingerprint density at radius 2 is 2.14 bits per heavy atom. The molecule has 0 amide bonds. The zero-order valence-corrected chi connectivity index (χ0v) is 13.5. The maximum atomic E-state index is 10.6. The molecule has 0 saturated heterocycles. The molecule has 1 unspecified atom stereocenters. The molecular formula is C16H19BrN2O2. The Kier molecular flexibility index (Phi) is 5.87. The molecule has 1 aromatic heterocycles. The van der Waals surface area contributed by atoms with Gasteiger partial charge < -0.3 is 10.2 Å². The Labute approximate surface area is 133 Å². The number of rotatable bonds is 6. The van der Waals surface area contributed by atoms with Crippen LogP contribution in [0.5, 0.6) is 0 Å². The molecule has 0 radical (unpaired) electrons. The number of pyridine rings is 1. The van der Waals surface area contributed by atoms with Gasteiger partial charge in [0.25, 0.3) is 0 Å². The normalized spacial score (nSPS) is 12.6. The van der Waals surface area contributed by atoms with Crippen molar-refractivity contribution in [2.45, 2.75) is 12.6 Å². The Bertz CT molecular complexity index is 578. The number of hydrogen-bond donors (Lipinski definition) is 2. The first-order valence-electron chi connectivity index (χ1n) is 6.77. The Morgan fingerprint density at radius 1 is 1.33 bits per heavy atom. The average molecular weight is 351 g/mol. The molecule has 112 valence electrons. The molecule has 1 atom stereocenters. The third-order valence-corrected chi connectivity index (χ3v) is 3.82. The molecule has 0 fully saturated rings. The van der Waals surface area contributed by atoms with Crippen molar-refractivity contribution in [3.63, 3.8) is 0 Å². The van der Waals surface area contributed by atoms with E-state index in [1.165, 1.54) is 0 Å². The van der Waals surface area contributed by atoms with E-state index in [1.807, 2.05) is 42.3 Å². The summed E-state index contributed by atoms with van der Waals surface area (Å²) in [6.45, 7) is 1.38. The van der Waals surface area contributed by atoms with Crippen LogP contribution in [0.4, 0.5) is 0 Å². The number of nitrogens with zero attached hydrogens (tertiary/aromatic N) is 2. The largest absolute Gasteiger partial charge is 0.395 e. The van der Waals surface area contributed by atoms with Crippen molar-refractivity contribution >= 4 is 15.9 Å². The number of benzene rings is 1. The standard InChI is InChI=1S/C16H19BrN2O2/c1-19(7-8-20)11-13-4-5-14(17)9-15(13)16(21)12-3-2-6-18-10-12/h2-6,9-10,16,20-21H,7-8,11H2,1H3. The van der Waals surface area contributed by atoms with Gasteiger partial charge in [-0.05, 0) is 36.4 Å². The van der Waals surface area contributed by atoms with Crippen molar-refractivity contribution in [2.75, 3.05) is 20.2 Å². The second kappa shape index (κ2) is 7.66. The highest BCUT2D eigenvalue weighted by atomic mass is 79.9. The fourth-order valence-corrected chi connectivity index (χ4v) is 2.60. The van der Waals surface area contributed by atoms with Crippen LogP contribution in [-0.2, 0) is 6.54 Å². The molecule has 21 heavy (non-hydrogen) atoms. The number of likely N-dealkylation sites (N-methyl/N-ethyl adjacent to an activating group) is 1. The third kappa shape index (κ3) is 4.35. The Balaban J connectivity index is 2.31. The zero-order valence-electron chi connectivity index (χ0n) is 11.9. The Morgan fingerprint density at radius 3 is 2.81 bits per heavy atom. The van der Waals surface area contributed by atoms with E-state index in [0.717, 1.165) is 21.2 Å². The molecular weight excluding hydrogens is 332 g/mol. The molecule has 2 N–H and O–H groups in total. The van der Waals surface area contributed by atoms with Crippen LogP contribution in [0.25, 0.3) is 0 Å². The molecule has 0 spiro atoms. The van der Waals surface area contributed by atoms with E-state index in [0.29, 0.717) is 13.1 Å². The van der Waals surface area contributed by atoms with E-state index in [2.05, 4.69) is 20.9 Å². The van der Waals surface area contributed by atoms with Crippen molar-refractivity contribution in [2.24, 2.45) is 0 Å². The van der Waals surface area contributed by atoms with Gasteiger partial charge in [0.05, 0.1) is 6.61 Å². The zero-order chi connectivity index (χ0) is 15.2. The summed E-state index contributed by atoms with van der Waals surface area (Å²) in [5, 5.41) is 19.6. The summed E-state index contributed by atoms with van der Waals surface area (Å²) in [5.41, 5.74) is 2.65. The monoisotopic (exact) mass is 350 g/mol. The first-order chi connectivity index (χ1) is 10.1. The van der Waals surface area contributed by atoms with Crippen LogP contribution in [0, 0.1) is 0 Å². The number of aliphatic hydroxyl groups excluding tert-OH is 2. The highest BCUT2D eigenvalue weighted by molar-refractivity contribution is 9.10. The minimum absolute atomic E-state index is 0.119. The van der Waals surface area contributed by atoms with E-state index in [1.54, 1.807) is 12.4 Å². The van der Waals surface area contributed by atoms with Crippen molar-refractivity contribution < 1.29 is 10.2 Å². The van der Waals surface area contributed by atoms with Gasteiger partial charge in [-0.1, -0.05) is 28.1 Å². The molecule has 1 aromatic carbocycles. The van der Waals surface area contributed by atoms with Crippen LogP contribution in [0.15, 0.2) is 47.2 Å². The van der Waals surface area contributed by atoms with Crippen molar-refractivity contribution in [3.8, 4) is 0 Å². The lowest BCUT2D eigenvalue weighted by atomic mass is 9.97. The summed E-state index contributed by atoms with van der Waals surface area (Å²) in [4.78, 5) is 6.08. The molecule has 0 aliphatic carbocycles. The first kappa shape index (κ1) is 16.1. The lowest BCUT2D eigenvalue weighted by molar-refractivity contribution is 0.206. The summed E-state index contributed by atoms with van der Waals surface area (Å²) >= 11 is 3.45. The molecule has 0 aliphatic rings. The van der Waals surface area contributed by atoms with E-state index in [4.69, 9.17) is 5.11 Å². The molecule has 2 rings (SSSR count). The minimum atomic E-state index is -0.714. The number of halogens is 1. The fourth-order valence-electron chi connectivity index (χ4n) is 2.22. The lowest BCUT2D eigenvalue weighted by Crippen LogP contribution is -2.22. The van der Waals surface area contributed by atoms with Crippen LogP contribution in [0.1, 0.15) is 22.8 Å². The van der Waals surface area contributed by atoms with Crippen molar-refractivity contribution in [1.82, 2.24) is 9.88 Å². The molecule has 0 aliphatic heterocycles. The SMILES string of the molecule is CN(CCO)Cc1ccc(Br)cc1C(O)c1cccnc1. The van der Waals surface area contributed by atoms with Crippen molar-refractivity contribution in [3.05, 3.63) is 63.9 Å². The minimum Gasteiger partial charge on any atom is -0.395 e. The molecule has 4 nitrogen and oxygen atoms in total. The van der Waals surface area contributed by atoms with Gasteiger partial charge in [0.15, 0.2) is 0 Å². The van der Waals surface area contributed by atoms with Gasteiger partial charge in [0.2, 0.25) is 0 Å². The number of hydrogen-bond acceptors (Lipinski definition) is 4. The summed E-state index contributed by atoms with van der Waals surface area (Å²) in [6, 6.07) is 9.56. The highest BCUT2D eigenvalue weighted by Crippen LogP contribution is 2.28. The summed E-state index contributed by atoms with van der Waals surface area (Å²) in [6.07, 6.45) is 2.65. The predicted molar refractivity (Wildman–Crippen MR) is 85.9 cm³/mol. The number of aliphatic hydroxyl groups is 2. The van der Waals surface area contributed by atoms with Gasteiger partial charge >= 0.3 is 0 Å². The average Bonchev–Trinajstić information content (AvgIpc) is 2.49. The molecule has 5 heteroatoms. The van der Waals surface area contributed by atoms with Gasteiger partial charge in [0.1, 0.15) is 6.10 Å². The second-order valence-electron chi connectivity index (χ2n) is 4.99. The second-order valence-corrected chi connectivity index (χ2v) is 5.91. The smallest absolute Gasteiger partial charge is 0.106 e. The van der Waals surface area contributed by atoms with Crippen molar-refractivity contribution in [1.29, 1.82) is 0 Å². The topological polar surface area (TPSA) is 56.6 Å². The van der Waals surface area contributed by atoms with E-state index in [9.17, 15) is 5.11 Å². The third-order valence-electron chi connectivity index (χ3n) is 3.32. The molecule has 0 saturated carbocycles. The van der Waals surface area contributed by atoms with Gasteiger partial charge in [-0.3, -0.25) is 9.88 Å². The summed E-state index contributed by atoms with van der Waals surface area (Å²) < 4.78 is 0.925. The quantitative estimate of drug-likeness (QED) is 0.839. The van der Waals surface area contributed by atoms with Crippen LogP contribution < -0.4 is 0 Å². The predicted octanol–water partition coefficient (Wildman–Crippen LogP) is 2.35. The molecule has 2 aromatic rings. The van der Waals surface area contributed by atoms with Gasteiger partial charge in [-0.2, -0.15) is 0 Å².